The Labute approximate surface area is 72.4 Å². The molecule has 2 N–H and O–H groups in total. The molecule has 1 aliphatic carbocycles. The lowest BCUT2D eigenvalue weighted by Gasteiger charge is -2.30. The van der Waals surface area contributed by atoms with E-state index in [0.29, 0.717) is 5.92 Å². The Morgan fingerprint density at radius 1 is 1.50 bits per heavy atom. The van der Waals surface area contributed by atoms with E-state index in [1.165, 1.54) is 0 Å². The number of carboxylic acids is 1. The summed E-state index contributed by atoms with van der Waals surface area (Å²) < 4.78 is 0. The zero-order valence-corrected chi connectivity index (χ0v) is 7.36. The third-order valence-electron chi connectivity index (χ3n) is 2.66. The zero-order chi connectivity index (χ0) is 9.14. The molecule has 0 bridgehead atoms. The molecule has 3 unspecified atom stereocenters. The van der Waals surface area contributed by atoms with Crippen molar-refractivity contribution >= 4 is 5.97 Å². The van der Waals surface area contributed by atoms with Crippen LogP contribution in [0.2, 0.25) is 0 Å². The van der Waals surface area contributed by atoms with Crippen LogP contribution in [0.4, 0.5) is 0 Å². The van der Waals surface area contributed by atoms with Crippen LogP contribution in [-0.2, 0) is 4.79 Å². The fourth-order valence-electron chi connectivity index (χ4n) is 1.88. The van der Waals surface area contributed by atoms with E-state index in [1.807, 2.05) is 0 Å². The highest BCUT2D eigenvalue weighted by Crippen LogP contribution is 2.30. The number of aliphatic hydroxyl groups excluding tert-OH is 1. The van der Waals surface area contributed by atoms with Gasteiger partial charge in [0.05, 0.1) is 12.5 Å². The summed E-state index contributed by atoms with van der Waals surface area (Å²) in [6, 6.07) is 0. The minimum atomic E-state index is -0.798. The maximum absolute atomic E-state index is 10.4. The predicted molar refractivity (Wildman–Crippen MR) is 44.8 cm³/mol. The number of aliphatic carboxylic acids is 1. The summed E-state index contributed by atoms with van der Waals surface area (Å²) in [5, 5.41) is 18.1. The molecular weight excluding hydrogens is 156 g/mol. The minimum absolute atomic E-state index is 0.0151. The lowest BCUT2D eigenvalue weighted by atomic mass is 9.79. The second kappa shape index (κ2) is 3.90. The Morgan fingerprint density at radius 3 is 2.67 bits per heavy atom. The van der Waals surface area contributed by atoms with Crippen LogP contribution >= 0.6 is 0 Å². The van der Waals surface area contributed by atoms with Crippen molar-refractivity contribution in [2.45, 2.75) is 38.7 Å². The summed E-state index contributed by atoms with van der Waals surface area (Å²) in [4.78, 5) is 10.4. The van der Waals surface area contributed by atoms with Gasteiger partial charge in [-0.1, -0.05) is 13.3 Å². The van der Waals surface area contributed by atoms with Gasteiger partial charge in [0.15, 0.2) is 0 Å². The third kappa shape index (κ3) is 2.48. The Kier molecular flexibility index (Phi) is 3.09. The predicted octanol–water partition coefficient (Wildman–Crippen LogP) is 1.26. The van der Waals surface area contributed by atoms with Gasteiger partial charge in [0, 0.05) is 0 Å². The molecule has 0 aromatic carbocycles. The molecule has 0 heterocycles. The Balaban J connectivity index is 2.39. The van der Waals surface area contributed by atoms with E-state index in [2.05, 4.69) is 6.92 Å². The summed E-state index contributed by atoms with van der Waals surface area (Å²) in [7, 11) is 0. The maximum atomic E-state index is 10.4. The summed E-state index contributed by atoms with van der Waals surface area (Å²) >= 11 is 0. The molecule has 0 aromatic heterocycles. The van der Waals surface area contributed by atoms with Crippen LogP contribution in [0.3, 0.4) is 0 Å². The second-order valence-corrected chi connectivity index (χ2v) is 3.84. The molecule has 3 heteroatoms. The quantitative estimate of drug-likeness (QED) is 0.659. The fraction of sp³-hybridized carbons (Fsp3) is 0.889. The molecule has 0 aromatic rings. The molecule has 1 rings (SSSR count). The monoisotopic (exact) mass is 172 g/mol. The van der Waals surface area contributed by atoms with E-state index in [0.717, 1.165) is 19.3 Å². The standard InChI is InChI=1S/C9H16O3/c1-6-2-3-7(5-9(11)12)8(10)4-6/h6-8,10H,2-5H2,1H3,(H,11,12). The van der Waals surface area contributed by atoms with Crippen LogP contribution in [0, 0.1) is 11.8 Å². The lowest BCUT2D eigenvalue weighted by molar-refractivity contribution is -0.139. The summed E-state index contributed by atoms with van der Waals surface area (Å²) in [5.74, 6) is -0.266. The number of hydrogen-bond donors (Lipinski definition) is 2. The van der Waals surface area contributed by atoms with Crippen molar-refractivity contribution in [3.05, 3.63) is 0 Å². The Morgan fingerprint density at radius 2 is 2.17 bits per heavy atom. The second-order valence-electron chi connectivity index (χ2n) is 3.84. The van der Waals surface area contributed by atoms with Crippen molar-refractivity contribution in [2.24, 2.45) is 11.8 Å². The molecule has 1 saturated carbocycles. The van der Waals surface area contributed by atoms with Crippen LogP contribution < -0.4 is 0 Å². The van der Waals surface area contributed by atoms with E-state index in [1.54, 1.807) is 0 Å². The zero-order valence-electron chi connectivity index (χ0n) is 7.36. The molecule has 12 heavy (non-hydrogen) atoms. The first-order chi connectivity index (χ1) is 5.59. The topological polar surface area (TPSA) is 57.5 Å². The normalized spacial score (nSPS) is 36.3. The van der Waals surface area contributed by atoms with Gasteiger partial charge in [-0.15, -0.1) is 0 Å². The van der Waals surface area contributed by atoms with E-state index in [9.17, 15) is 9.90 Å². The van der Waals surface area contributed by atoms with Gasteiger partial charge in [-0.05, 0) is 24.7 Å². The molecule has 0 spiro atoms. The van der Waals surface area contributed by atoms with Gasteiger partial charge in [0.25, 0.3) is 0 Å². The van der Waals surface area contributed by atoms with Crippen molar-refractivity contribution in [2.75, 3.05) is 0 Å². The maximum Gasteiger partial charge on any atom is 0.303 e. The Hall–Kier alpha value is -0.570. The largest absolute Gasteiger partial charge is 0.481 e. The number of rotatable bonds is 2. The van der Waals surface area contributed by atoms with E-state index >= 15 is 0 Å². The highest BCUT2D eigenvalue weighted by atomic mass is 16.4. The number of carboxylic acid groups (broad SMARTS) is 1. The van der Waals surface area contributed by atoms with Crippen molar-refractivity contribution in [1.82, 2.24) is 0 Å². The van der Waals surface area contributed by atoms with Crippen LogP contribution in [0.25, 0.3) is 0 Å². The average Bonchev–Trinajstić information content (AvgIpc) is 1.94. The first-order valence-electron chi connectivity index (χ1n) is 4.49. The first-order valence-corrected chi connectivity index (χ1v) is 4.49. The number of aliphatic hydroxyl groups is 1. The lowest BCUT2D eigenvalue weighted by Crippen LogP contribution is -2.29. The van der Waals surface area contributed by atoms with Crippen molar-refractivity contribution in [1.29, 1.82) is 0 Å². The first kappa shape index (κ1) is 9.52. The van der Waals surface area contributed by atoms with Gasteiger partial charge in [0.1, 0.15) is 0 Å². The van der Waals surface area contributed by atoms with Gasteiger partial charge in [-0.2, -0.15) is 0 Å². The van der Waals surface area contributed by atoms with E-state index in [4.69, 9.17) is 5.11 Å². The summed E-state index contributed by atoms with van der Waals surface area (Å²) in [5.41, 5.74) is 0. The molecule has 3 nitrogen and oxygen atoms in total. The van der Waals surface area contributed by atoms with Gasteiger partial charge in [0.2, 0.25) is 0 Å². The minimum Gasteiger partial charge on any atom is -0.481 e. The molecule has 70 valence electrons. The van der Waals surface area contributed by atoms with Crippen LogP contribution in [0.5, 0.6) is 0 Å². The van der Waals surface area contributed by atoms with Gasteiger partial charge < -0.3 is 10.2 Å². The highest BCUT2D eigenvalue weighted by molar-refractivity contribution is 5.67. The molecule has 1 fully saturated rings. The molecular formula is C9H16O3. The summed E-state index contributed by atoms with van der Waals surface area (Å²) in [6.45, 7) is 2.10. The molecule has 0 saturated heterocycles. The molecule has 3 atom stereocenters. The van der Waals surface area contributed by atoms with Gasteiger partial charge in [-0.25, -0.2) is 0 Å². The fourth-order valence-corrected chi connectivity index (χ4v) is 1.88. The number of hydrogen-bond acceptors (Lipinski definition) is 2. The smallest absolute Gasteiger partial charge is 0.303 e. The highest BCUT2D eigenvalue weighted by Gasteiger charge is 2.28. The molecule has 1 aliphatic rings. The van der Waals surface area contributed by atoms with Gasteiger partial charge >= 0.3 is 5.97 Å². The number of carbonyl (C=O) groups is 1. The molecule has 0 radical (unpaired) electrons. The average molecular weight is 172 g/mol. The van der Waals surface area contributed by atoms with Gasteiger partial charge in [-0.3, -0.25) is 4.79 Å². The van der Waals surface area contributed by atoms with Crippen molar-refractivity contribution in [3.8, 4) is 0 Å². The van der Waals surface area contributed by atoms with Crippen molar-refractivity contribution in [3.63, 3.8) is 0 Å². The third-order valence-corrected chi connectivity index (χ3v) is 2.66. The molecule has 0 amide bonds. The van der Waals surface area contributed by atoms with E-state index < -0.39 is 12.1 Å². The summed E-state index contributed by atoms with van der Waals surface area (Å²) in [6.07, 6.45) is 2.39. The van der Waals surface area contributed by atoms with Crippen LogP contribution in [-0.4, -0.2) is 22.3 Å². The van der Waals surface area contributed by atoms with Crippen LogP contribution in [0.15, 0.2) is 0 Å². The SMILES string of the molecule is CC1CCC(CC(=O)O)C(O)C1. The van der Waals surface area contributed by atoms with Crippen molar-refractivity contribution < 1.29 is 15.0 Å². The van der Waals surface area contributed by atoms with Crippen LogP contribution in [0.1, 0.15) is 32.6 Å². The Bertz CT molecular complexity index is 167. The molecule has 0 aliphatic heterocycles. The van der Waals surface area contributed by atoms with E-state index in [-0.39, 0.29) is 12.3 Å².